The molecule has 20 heavy (non-hydrogen) atoms. The first-order valence-electron chi connectivity index (χ1n) is 6.81. The van der Waals surface area contributed by atoms with Crippen molar-refractivity contribution in [3.8, 4) is 0 Å². The molecule has 0 N–H and O–H groups in total. The number of carbonyl (C=O) groups excluding carboxylic acids is 1. The van der Waals surface area contributed by atoms with E-state index in [1.807, 2.05) is 13.8 Å². The van der Waals surface area contributed by atoms with E-state index in [9.17, 15) is 9.18 Å². The highest BCUT2D eigenvalue weighted by atomic mass is 19.1. The molecule has 0 fully saturated rings. The second-order valence-corrected chi connectivity index (χ2v) is 4.99. The van der Waals surface area contributed by atoms with Crippen molar-refractivity contribution in [2.45, 2.75) is 32.8 Å². The molecule has 0 saturated carbocycles. The van der Waals surface area contributed by atoms with Gasteiger partial charge in [-0.15, -0.1) is 0 Å². The average molecular weight is 278 g/mol. The first-order valence-corrected chi connectivity index (χ1v) is 6.81. The molecule has 1 atom stereocenters. The molecule has 0 aromatic heterocycles. The molecule has 1 aliphatic heterocycles. The van der Waals surface area contributed by atoms with Crippen LogP contribution >= 0.6 is 0 Å². The molecule has 1 heterocycles. The van der Waals surface area contributed by atoms with E-state index in [2.05, 4.69) is 5.16 Å². The monoisotopic (exact) mass is 278 g/mol. The van der Waals surface area contributed by atoms with E-state index in [4.69, 9.17) is 4.84 Å². The van der Waals surface area contributed by atoms with Gasteiger partial charge in [0.1, 0.15) is 5.82 Å². The van der Waals surface area contributed by atoms with Crippen LogP contribution in [-0.4, -0.2) is 35.2 Å². The molecule has 1 aliphatic rings. The Hall–Kier alpha value is -1.91. The summed E-state index contributed by atoms with van der Waals surface area (Å²) in [6.45, 7) is 6.76. The van der Waals surface area contributed by atoms with Crippen LogP contribution in [0.4, 0.5) is 4.39 Å². The summed E-state index contributed by atoms with van der Waals surface area (Å²) in [6.07, 6.45) is 0.281. The Morgan fingerprint density at radius 2 is 2.05 bits per heavy atom. The van der Waals surface area contributed by atoms with Gasteiger partial charge in [0, 0.05) is 25.1 Å². The van der Waals surface area contributed by atoms with Gasteiger partial charge in [-0.25, -0.2) is 4.39 Å². The third-order valence-electron chi connectivity index (χ3n) is 3.55. The van der Waals surface area contributed by atoms with Gasteiger partial charge in [0.15, 0.2) is 0 Å². The van der Waals surface area contributed by atoms with Crippen molar-refractivity contribution in [1.82, 2.24) is 4.90 Å². The van der Waals surface area contributed by atoms with Gasteiger partial charge in [0.05, 0.1) is 5.71 Å². The van der Waals surface area contributed by atoms with E-state index in [0.29, 0.717) is 24.4 Å². The average Bonchev–Trinajstić information content (AvgIpc) is 2.84. The summed E-state index contributed by atoms with van der Waals surface area (Å²) in [6, 6.07) is 6.38. The first kappa shape index (κ1) is 14.5. The van der Waals surface area contributed by atoms with Crippen LogP contribution in [0.2, 0.25) is 0 Å². The largest absolute Gasteiger partial charge is 0.379 e. The van der Waals surface area contributed by atoms with Gasteiger partial charge in [-0.05, 0) is 26.8 Å². The Bertz CT molecular complexity index is 540. The van der Waals surface area contributed by atoms with Crippen LogP contribution in [0.15, 0.2) is 29.4 Å². The SMILES string of the molecule is CCN(CC)C(=O)[C@]1(C)CC(c2ccccc2F)=NO1. The Morgan fingerprint density at radius 3 is 2.65 bits per heavy atom. The highest BCUT2D eigenvalue weighted by Gasteiger charge is 2.44. The normalized spacial score (nSPS) is 21.3. The quantitative estimate of drug-likeness (QED) is 0.849. The molecular weight excluding hydrogens is 259 g/mol. The lowest BCUT2D eigenvalue weighted by molar-refractivity contribution is -0.152. The Balaban J connectivity index is 2.18. The smallest absolute Gasteiger partial charge is 0.269 e. The first-order chi connectivity index (χ1) is 9.51. The minimum absolute atomic E-state index is 0.113. The maximum atomic E-state index is 13.8. The fourth-order valence-electron chi connectivity index (χ4n) is 2.34. The molecule has 0 aliphatic carbocycles. The molecule has 0 unspecified atom stereocenters. The van der Waals surface area contributed by atoms with Gasteiger partial charge in [0.2, 0.25) is 5.60 Å². The molecule has 1 aromatic carbocycles. The molecule has 5 heteroatoms. The summed E-state index contributed by atoms with van der Waals surface area (Å²) in [5.74, 6) is -0.466. The number of nitrogens with zero attached hydrogens (tertiary/aromatic N) is 2. The number of amides is 1. The van der Waals surface area contributed by atoms with E-state index in [1.54, 1.807) is 30.0 Å². The summed E-state index contributed by atoms with van der Waals surface area (Å²) in [5.41, 5.74) is -0.168. The van der Waals surface area contributed by atoms with Crippen LogP contribution < -0.4 is 0 Å². The molecule has 4 nitrogen and oxygen atoms in total. The van der Waals surface area contributed by atoms with E-state index >= 15 is 0 Å². The summed E-state index contributed by atoms with van der Waals surface area (Å²) in [5, 5.41) is 3.92. The molecule has 2 rings (SSSR count). The topological polar surface area (TPSA) is 41.9 Å². The fourth-order valence-corrected chi connectivity index (χ4v) is 2.34. The van der Waals surface area contributed by atoms with Crippen molar-refractivity contribution in [3.05, 3.63) is 35.6 Å². The lowest BCUT2D eigenvalue weighted by atomic mass is 9.94. The van der Waals surface area contributed by atoms with Gasteiger partial charge < -0.3 is 9.74 Å². The maximum absolute atomic E-state index is 13.8. The second kappa shape index (κ2) is 5.61. The van der Waals surface area contributed by atoms with E-state index < -0.39 is 5.60 Å². The van der Waals surface area contributed by atoms with E-state index in [-0.39, 0.29) is 18.1 Å². The Kier molecular flexibility index (Phi) is 4.06. The summed E-state index contributed by atoms with van der Waals surface area (Å²) in [7, 11) is 0. The van der Waals surface area contributed by atoms with Crippen molar-refractivity contribution < 1.29 is 14.0 Å². The summed E-state index contributed by atoms with van der Waals surface area (Å²) in [4.78, 5) is 19.5. The lowest BCUT2D eigenvalue weighted by Gasteiger charge is -2.28. The highest BCUT2D eigenvalue weighted by Crippen LogP contribution is 2.29. The predicted molar refractivity (Wildman–Crippen MR) is 75.0 cm³/mol. The molecule has 1 amide bonds. The second-order valence-electron chi connectivity index (χ2n) is 4.99. The molecule has 1 aromatic rings. The van der Waals surface area contributed by atoms with Gasteiger partial charge in [-0.1, -0.05) is 23.4 Å². The number of oxime groups is 1. The number of carbonyl (C=O) groups is 1. The number of benzene rings is 1. The minimum Gasteiger partial charge on any atom is -0.379 e. The van der Waals surface area contributed by atoms with Gasteiger partial charge in [-0.2, -0.15) is 0 Å². The van der Waals surface area contributed by atoms with Crippen molar-refractivity contribution >= 4 is 11.6 Å². The highest BCUT2D eigenvalue weighted by molar-refractivity contribution is 6.05. The molecular formula is C15H19FN2O2. The molecule has 0 bridgehead atoms. The van der Waals surface area contributed by atoms with Gasteiger partial charge in [0.25, 0.3) is 5.91 Å². The van der Waals surface area contributed by atoms with Crippen molar-refractivity contribution in [2.24, 2.45) is 5.16 Å². The maximum Gasteiger partial charge on any atom is 0.269 e. The third kappa shape index (κ3) is 2.53. The van der Waals surface area contributed by atoms with Crippen molar-refractivity contribution in [3.63, 3.8) is 0 Å². The number of halogens is 1. The van der Waals surface area contributed by atoms with Crippen LogP contribution in [-0.2, 0) is 9.63 Å². The molecule has 108 valence electrons. The standard InChI is InChI=1S/C15H19FN2O2/c1-4-18(5-2)14(19)15(3)10-13(17-20-15)11-8-6-7-9-12(11)16/h6-9H,4-5,10H2,1-3H3/t15-/m0/s1. The lowest BCUT2D eigenvalue weighted by Crippen LogP contribution is -2.47. The van der Waals surface area contributed by atoms with Gasteiger partial charge >= 0.3 is 0 Å². The fraction of sp³-hybridized carbons (Fsp3) is 0.467. The van der Waals surface area contributed by atoms with Crippen molar-refractivity contribution in [2.75, 3.05) is 13.1 Å². The van der Waals surface area contributed by atoms with Crippen LogP contribution in [0, 0.1) is 5.82 Å². The van der Waals surface area contributed by atoms with E-state index in [0.717, 1.165) is 0 Å². The Labute approximate surface area is 118 Å². The van der Waals surface area contributed by atoms with Crippen molar-refractivity contribution in [1.29, 1.82) is 0 Å². The molecule has 0 radical (unpaired) electrons. The van der Waals surface area contributed by atoms with Gasteiger partial charge in [-0.3, -0.25) is 4.79 Å². The van der Waals surface area contributed by atoms with Crippen LogP contribution in [0.1, 0.15) is 32.8 Å². The Morgan fingerprint density at radius 1 is 1.40 bits per heavy atom. The zero-order valence-corrected chi connectivity index (χ0v) is 12.0. The summed E-state index contributed by atoms with van der Waals surface area (Å²) >= 11 is 0. The zero-order valence-electron chi connectivity index (χ0n) is 12.0. The predicted octanol–water partition coefficient (Wildman–Crippen LogP) is 2.58. The third-order valence-corrected chi connectivity index (χ3v) is 3.55. The van der Waals surface area contributed by atoms with E-state index in [1.165, 1.54) is 6.07 Å². The van der Waals surface area contributed by atoms with Crippen LogP contribution in [0.3, 0.4) is 0 Å². The zero-order chi connectivity index (χ0) is 14.8. The number of hydrogen-bond acceptors (Lipinski definition) is 3. The van der Waals surface area contributed by atoms with Crippen LogP contribution in [0.25, 0.3) is 0 Å². The molecule has 0 spiro atoms. The minimum atomic E-state index is -1.04. The molecule has 0 saturated heterocycles. The number of hydrogen-bond donors (Lipinski definition) is 0. The summed E-state index contributed by atoms with van der Waals surface area (Å²) < 4.78 is 13.8. The van der Waals surface area contributed by atoms with Crippen LogP contribution in [0.5, 0.6) is 0 Å². The number of likely N-dealkylation sites (N-methyl/N-ethyl adjacent to an activating group) is 1. The number of rotatable bonds is 4.